The third-order valence-electron chi connectivity index (χ3n) is 3.30. The molecule has 0 atom stereocenters. The van der Waals surface area contributed by atoms with Gasteiger partial charge >= 0.3 is 5.97 Å². The number of ether oxygens (including phenoxy) is 1. The highest BCUT2D eigenvalue weighted by molar-refractivity contribution is 5.85. The van der Waals surface area contributed by atoms with Crippen LogP contribution in [0, 0.1) is 0 Å². The number of nitrogens with zero attached hydrogens (tertiary/aromatic N) is 1. The van der Waals surface area contributed by atoms with Crippen molar-refractivity contribution in [2.24, 2.45) is 0 Å². The molecule has 1 heterocycles. The summed E-state index contributed by atoms with van der Waals surface area (Å²) in [5.74, 6) is 0.287. The summed E-state index contributed by atoms with van der Waals surface area (Å²) in [6.07, 6.45) is 3.04. The van der Waals surface area contributed by atoms with E-state index >= 15 is 0 Å². The van der Waals surface area contributed by atoms with E-state index in [4.69, 9.17) is 4.74 Å². The molecular weight excluding hydrogens is 240 g/mol. The maximum atomic E-state index is 10.9. The first-order chi connectivity index (χ1) is 9.10. The Labute approximate surface area is 113 Å². The zero-order chi connectivity index (χ0) is 13.8. The highest BCUT2D eigenvalue weighted by Gasteiger charge is 2.07. The number of aromatic nitrogens is 1. The Kier molecular flexibility index (Phi) is 4.22. The maximum Gasteiger partial charge on any atom is 0.308 e. The van der Waals surface area contributed by atoms with Gasteiger partial charge in [0.15, 0.2) is 0 Å². The number of nitrogens with one attached hydrogen (secondary N) is 1. The molecule has 0 bridgehead atoms. The molecule has 4 heteroatoms. The molecule has 4 nitrogen and oxygen atoms in total. The zero-order valence-corrected chi connectivity index (χ0v) is 11.7. The second-order valence-electron chi connectivity index (χ2n) is 4.76. The van der Waals surface area contributed by atoms with Gasteiger partial charge in [0.1, 0.15) is 5.75 Å². The van der Waals surface area contributed by atoms with E-state index in [2.05, 4.69) is 23.9 Å². The molecule has 2 aromatic rings. The molecule has 0 fully saturated rings. The lowest BCUT2D eigenvalue weighted by atomic mass is 10.1. The summed E-state index contributed by atoms with van der Waals surface area (Å²) in [5.41, 5.74) is 2.30. The number of benzene rings is 1. The number of hydrogen-bond donors (Lipinski definition) is 1. The van der Waals surface area contributed by atoms with Gasteiger partial charge in [-0.1, -0.05) is 6.92 Å². The Morgan fingerprint density at radius 2 is 2.21 bits per heavy atom. The average Bonchev–Trinajstić information content (AvgIpc) is 2.77. The van der Waals surface area contributed by atoms with Gasteiger partial charge in [0.2, 0.25) is 0 Å². The van der Waals surface area contributed by atoms with Crippen molar-refractivity contribution in [2.45, 2.75) is 20.3 Å². The number of esters is 1. The van der Waals surface area contributed by atoms with Crippen LogP contribution in [0.25, 0.3) is 10.9 Å². The third kappa shape index (κ3) is 3.35. The monoisotopic (exact) mass is 260 g/mol. The molecule has 19 heavy (non-hydrogen) atoms. The van der Waals surface area contributed by atoms with Crippen LogP contribution in [0.3, 0.4) is 0 Å². The maximum absolute atomic E-state index is 10.9. The average molecular weight is 260 g/mol. The van der Waals surface area contributed by atoms with Crippen molar-refractivity contribution in [1.29, 1.82) is 0 Å². The summed E-state index contributed by atoms with van der Waals surface area (Å²) in [4.78, 5) is 16.4. The Hall–Kier alpha value is -1.81. The first kappa shape index (κ1) is 13.6. The standard InChI is InChI=1S/C15H20N2O2/c1-4-17(3)8-7-12-10-16-15-9-13(19-11(2)18)5-6-14(12)15/h5-6,9-10,16H,4,7-8H2,1-3H3. The lowest BCUT2D eigenvalue weighted by Gasteiger charge is -2.12. The molecule has 0 saturated heterocycles. The van der Waals surface area contributed by atoms with Gasteiger partial charge in [-0.2, -0.15) is 0 Å². The van der Waals surface area contributed by atoms with Gasteiger partial charge in [0.05, 0.1) is 0 Å². The van der Waals surface area contributed by atoms with E-state index < -0.39 is 0 Å². The van der Waals surface area contributed by atoms with E-state index in [1.807, 2.05) is 24.4 Å². The second kappa shape index (κ2) is 5.89. The van der Waals surface area contributed by atoms with Crippen LogP contribution in [-0.4, -0.2) is 36.0 Å². The van der Waals surface area contributed by atoms with Crippen molar-refractivity contribution in [3.05, 3.63) is 30.0 Å². The van der Waals surface area contributed by atoms with E-state index in [-0.39, 0.29) is 5.97 Å². The minimum Gasteiger partial charge on any atom is -0.427 e. The Bertz CT molecular complexity index is 575. The topological polar surface area (TPSA) is 45.3 Å². The van der Waals surface area contributed by atoms with Crippen LogP contribution in [0.4, 0.5) is 0 Å². The fourth-order valence-electron chi connectivity index (χ4n) is 2.07. The predicted octanol–water partition coefficient (Wildman–Crippen LogP) is 2.59. The zero-order valence-electron chi connectivity index (χ0n) is 11.7. The van der Waals surface area contributed by atoms with Crippen LogP contribution in [0.1, 0.15) is 19.4 Å². The first-order valence-corrected chi connectivity index (χ1v) is 6.57. The number of aromatic amines is 1. The number of fused-ring (bicyclic) bond motifs is 1. The van der Waals surface area contributed by atoms with Crippen molar-refractivity contribution in [2.75, 3.05) is 20.1 Å². The van der Waals surface area contributed by atoms with Crippen LogP contribution >= 0.6 is 0 Å². The summed E-state index contributed by atoms with van der Waals surface area (Å²) in [6.45, 7) is 5.65. The van der Waals surface area contributed by atoms with E-state index in [9.17, 15) is 4.79 Å². The summed E-state index contributed by atoms with van der Waals surface area (Å²) >= 11 is 0. The highest BCUT2D eigenvalue weighted by atomic mass is 16.5. The number of H-pyrrole nitrogens is 1. The molecule has 0 aliphatic carbocycles. The molecule has 102 valence electrons. The normalized spacial score (nSPS) is 11.2. The van der Waals surface area contributed by atoms with Gasteiger partial charge < -0.3 is 14.6 Å². The van der Waals surface area contributed by atoms with Crippen LogP contribution < -0.4 is 4.74 Å². The lowest BCUT2D eigenvalue weighted by molar-refractivity contribution is -0.131. The summed E-state index contributed by atoms with van der Waals surface area (Å²) in [6, 6.07) is 5.71. The summed E-state index contributed by atoms with van der Waals surface area (Å²) in [5, 5.41) is 1.19. The second-order valence-corrected chi connectivity index (χ2v) is 4.76. The van der Waals surface area contributed by atoms with Crippen molar-refractivity contribution < 1.29 is 9.53 Å². The quantitative estimate of drug-likeness (QED) is 0.664. The third-order valence-corrected chi connectivity index (χ3v) is 3.30. The Morgan fingerprint density at radius 1 is 1.42 bits per heavy atom. The highest BCUT2D eigenvalue weighted by Crippen LogP contribution is 2.23. The molecule has 0 radical (unpaired) electrons. The number of hydrogen-bond acceptors (Lipinski definition) is 3. The number of carbonyl (C=O) groups is 1. The lowest BCUT2D eigenvalue weighted by Crippen LogP contribution is -2.20. The van der Waals surface area contributed by atoms with Gasteiger partial charge in [-0.15, -0.1) is 0 Å². The van der Waals surface area contributed by atoms with E-state index in [1.54, 1.807) is 0 Å². The van der Waals surface area contributed by atoms with Crippen molar-refractivity contribution in [1.82, 2.24) is 9.88 Å². The molecule has 0 amide bonds. The Morgan fingerprint density at radius 3 is 2.89 bits per heavy atom. The van der Waals surface area contributed by atoms with Crippen molar-refractivity contribution in [3.8, 4) is 5.75 Å². The SMILES string of the molecule is CCN(C)CCc1c[nH]c2cc(OC(C)=O)ccc12. The molecule has 1 N–H and O–H groups in total. The van der Waals surface area contributed by atoms with E-state index in [0.29, 0.717) is 5.75 Å². The minimum atomic E-state index is -0.296. The minimum absolute atomic E-state index is 0.296. The molecule has 1 aromatic heterocycles. The Balaban J connectivity index is 2.17. The smallest absolute Gasteiger partial charge is 0.308 e. The fraction of sp³-hybridized carbons (Fsp3) is 0.400. The van der Waals surface area contributed by atoms with Crippen LogP contribution in [0.2, 0.25) is 0 Å². The molecule has 0 spiro atoms. The molecule has 0 aliphatic heterocycles. The van der Waals surface area contributed by atoms with Crippen molar-refractivity contribution >= 4 is 16.9 Å². The molecule has 0 saturated carbocycles. The largest absolute Gasteiger partial charge is 0.427 e. The molecule has 1 aromatic carbocycles. The molecule has 0 aliphatic rings. The number of rotatable bonds is 5. The van der Waals surface area contributed by atoms with Crippen LogP contribution in [-0.2, 0) is 11.2 Å². The van der Waals surface area contributed by atoms with Crippen molar-refractivity contribution in [3.63, 3.8) is 0 Å². The summed E-state index contributed by atoms with van der Waals surface area (Å²) < 4.78 is 5.08. The van der Waals surface area contributed by atoms with Crippen LogP contribution in [0.5, 0.6) is 5.75 Å². The molecule has 2 rings (SSSR count). The van der Waals surface area contributed by atoms with Gasteiger partial charge in [-0.05, 0) is 37.7 Å². The molecule has 0 unspecified atom stereocenters. The first-order valence-electron chi connectivity index (χ1n) is 6.57. The summed E-state index contributed by atoms with van der Waals surface area (Å²) in [7, 11) is 2.12. The van der Waals surface area contributed by atoms with E-state index in [0.717, 1.165) is 25.0 Å². The number of likely N-dealkylation sites (N-methyl/N-ethyl adjacent to an activating group) is 1. The van der Waals surface area contributed by atoms with Gasteiger partial charge in [-0.3, -0.25) is 4.79 Å². The van der Waals surface area contributed by atoms with E-state index in [1.165, 1.54) is 17.9 Å². The fourth-order valence-corrected chi connectivity index (χ4v) is 2.07. The van der Waals surface area contributed by atoms with Gasteiger partial charge in [0.25, 0.3) is 0 Å². The van der Waals surface area contributed by atoms with Gasteiger partial charge in [-0.25, -0.2) is 0 Å². The number of carbonyl (C=O) groups excluding carboxylic acids is 1. The van der Waals surface area contributed by atoms with Gasteiger partial charge in [0, 0.05) is 36.6 Å². The van der Waals surface area contributed by atoms with Crippen LogP contribution in [0.15, 0.2) is 24.4 Å². The predicted molar refractivity (Wildman–Crippen MR) is 76.5 cm³/mol. The molecular formula is C15H20N2O2.